The fourth-order valence-electron chi connectivity index (χ4n) is 4.12. The number of benzene rings is 1. The Labute approximate surface area is 162 Å². The van der Waals surface area contributed by atoms with E-state index in [1.807, 2.05) is 4.90 Å². The largest absolute Gasteiger partial charge is 0.351 e. The zero-order valence-corrected chi connectivity index (χ0v) is 16.8. The van der Waals surface area contributed by atoms with E-state index in [2.05, 4.69) is 53.4 Å². The van der Waals surface area contributed by atoms with Gasteiger partial charge in [0.25, 0.3) is 0 Å². The van der Waals surface area contributed by atoms with Crippen molar-refractivity contribution in [3.63, 3.8) is 0 Å². The van der Waals surface area contributed by atoms with E-state index in [1.54, 1.807) is 6.92 Å². The average Bonchev–Trinajstić information content (AvgIpc) is 2.92. The number of rotatable bonds is 4. The molecule has 0 aliphatic carbocycles. The molecule has 1 aromatic rings. The third-order valence-corrected chi connectivity index (χ3v) is 5.74. The minimum Gasteiger partial charge on any atom is -0.351 e. The van der Waals surface area contributed by atoms with Crippen LogP contribution in [-0.4, -0.2) is 85.4 Å². The maximum atomic E-state index is 12.9. The number of carbonyl (C=O) groups excluding carboxylic acids is 2. The molecule has 3 rings (SSSR count). The van der Waals surface area contributed by atoms with Crippen LogP contribution in [0.4, 0.5) is 0 Å². The quantitative estimate of drug-likeness (QED) is 0.859. The van der Waals surface area contributed by atoms with Gasteiger partial charge in [0.2, 0.25) is 11.8 Å². The summed E-state index contributed by atoms with van der Waals surface area (Å²) in [7, 11) is 2.13. The molecule has 0 unspecified atom stereocenters. The zero-order chi connectivity index (χ0) is 19.4. The molecule has 6 nitrogen and oxygen atoms in total. The maximum Gasteiger partial charge on any atom is 0.236 e. The van der Waals surface area contributed by atoms with Crippen LogP contribution in [0, 0.1) is 6.92 Å². The van der Waals surface area contributed by atoms with Crippen LogP contribution >= 0.6 is 0 Å². The molecule has 2 heterocycles. The van der Waals surface area contributed by atoms with Gasteiger partial charge in [-0.25, -0.2) is 0 Å². The second-order valence-electron chi connectivity index (χ2n) is 8.06. The number of likely N-dealkylation sites (N-methyl/N-ethyl adjacent to an activating group) is 1. The Bertz CT molecular complexity index is 661. The Hall–Kier alpha value is -1.92. The van der Waals surface area contributed by atoms with Crippen LogP contribution in [0.15, 0.2) is 24.3 Å². The summed E-state index contributed by atoms with van der Waals surface area (Å²) in [6, 6.07) is 8.40. The summed E-state index contributed by atoms with van der Waals surface area (Å²) < 4.78 is 0. The lowest BCUT2D eigenvalue weighted by Gasteiger charge is -2.23. The number of nitrogens with zero attached hydrogens (tertiary/aromatic N) is 3. The van der Waals surface area contributed by atoms with Crippen LogP contribution in [0.1, 0.15) is 30.4 Å². The van der Waals surface area contributed by atoms with Crippen molar-refractivity contribution in [2.24, 2.45) is 0 Å². The first-order valence-electron chi connectivity index (χ1n) is 9.94. The molecule has 0 spiro atoms. The fourth-order valence-corrected chi connectivity index (χ4v) is 4.12. The van der Waals surface area contributed by atoms with Crippen molar-refractivity contribution in [2.45, 2.75) is 32.2 Å². The van der Waals surface area contributed by atoms with Crippen molar-refractivity contribution >= 4 is 11.8 Å². The van der Waals surface area contributed by atoms with E-state index in [4.69, 9.17) is 0 Å². The summed E-state index contributed by atoms with van der Waals surface area (Å²) in [5, 5.41) is 3.06. The molecular formula is C21H32N4O2. The SMILES string of the molecule is CC(=O)N[C@H]1CN(C(=O)CN2CCCN(C)CC2)C[C@@H]1c1ccc(C)cc1. The van der Waals surface area contributed by atoms with Gasteiger partial charge < -0.3 is 15.1 Å². The maximum absolute atomic E-state index is 12.9. The van der Waals surface area contributed by atoms with E-state index in [0.29, 0.717) is 19.6 Å². The van der Waals surface area contributed by atoms with Crippen molar-refractivity contribution in [1.29, 1.82) is 0 Å². The number of amides is 2. The number of aryl methyl sites for hydroxylation is 1. The second kappa shape index (κ2) is 8.85. The normalized spacial score (nSPS) is 24.6. The van der Waals surface area contributed by atoms with E-state index in [0.717, 1.165) is 32.6 Å². The van der Waals surface area contributed by atoms with Crippen molar-refractivity contribution in [3.8, 4) is 0 Å². The smallest absolute Gasteiger partial charge is 0.236 e. The Morgan fingerprint density at radius 3 is 2.52 bits per heavy atom. The first-order chi connectivity index (χ1) is 12.9. The molecule has 2 fully saturated rings. The van der Waals surface area contributed by atoms with Crippen LogP contribution in [0.5, 0.6) is 0 Å². The molecule has 6 heteroatoms. The van der Waals surface area contributed by atoms with Crippen molar-refractivity contribution in [3.05, 3.63) is 35.4 Å². The lowest BCUT2D eigenvalue weighted by molar-refractivity contribution is -0.131. The number of hydrogen-bond donors (Lipinski definition) is 1. The van der Waals surface area contributed by atoms with E-state index in [-0.39, 0.29) is 23.8 Å². The molecule has 0 radical (unpaired) electrons. The van der Waals surface area contributed by atoms with E-state index in [1.165, 1.54) is 11.1 Å². The van der Waals surface area contributed by atoms with Crippen molar-refractivity contribution in [1.82, 2.24) is 20.0 Å². The van der Waals surface area contributed by atoms with Gasteiger partial charge in [0.15, 0.2) is 0 Å². The van der Waals surface area contributed by atoms with Crippen molar-refractivity contribution < 1.29 is 9.59 Å². The van der Waals surface area contributed by atoms with Crippen LogP contribution < -0.4 is 5.32 Å². The Morgan fingerprint density at radius 2 is 1.81 bits per heavy atom. The molecule has 1 N–H and O–H groups in total. The first kappa shape index (κ1) is 19.8. The van der Waals surface area contributed by atoms with E-state index in [9.17, 15) is 9.59 Å². The molecular weight excluding hydrogens is 340 g/mol. The Balaban J connectivity index is 1.66. The van der Waals surface area contributed by atoms with Crippen LogP contribution in [0.3, 0.4) is 0 Å². The van der Waals surface area contributed by atoms with Gasteiger partial charge in [0, 0.05) is 39.0 Å². The second-order valence-corrected chi connectivity index (χ2v) is 8.06. The highest BCUT2D eigenvalue weighted by Crippen LogP contribution is 2.28. The van der Waals surface area contributed by atoms with Gasteiger partial charge in [-0.05, 0) is 39.0 Å². The molecule has 27 heavy (non-hydrogen) atoms. The average molecular weight is 373 g/mol. The van der Waals surface area contributed by atoms with Gasteiger partial charge in [-0.3, -0.25) is 14.5 Å². The predicted molar refractivity (Wildman–Crippen MR) is 107 cm³/mol. The predicted octanol–water partition coefficient (Wildman–Crippen LogP) is 1.06. The Kier molecular flexibility index (Phi) is 6.50. The topological polar surface area (TPSA) is 55.9 Å². The van der Waals surface area contributed by atoms with E-state index < -0.39 is 0 Å². The summed E-state index contributed by atoms with van der Waals surface area (Å²) >= 11 is 0. The van der Waals surface area contributed by atoms with Gasteiger partial charge in [-0.15, -0.1) is 0 Å². The molecule has 2 amide bonds. The monoisotopic (exact) mass is 372 g/mol. The first-order valence-corrected chi connectivity index (χ1v) is 9.94. The molecule has 2 saturated heterocycles. The highest BCUT2D eigenvalue weighted by atomic mass is 16.2. The van der Waals surface area contributed by atoms with Gasteiger partial charge >= 0.3 is 0 Å². The molecule has 2 aliphatic rings. The molecule has 2 aliphatic heterocycles. The molecule has 0 saturated carbocycles. The zero-order valence-electron chi connectivity index (χ0n) is 16.8. The summed E-state index contributed by atoms with van der Waals surface area (Å²) in [5.41, 5.74) is 2.40. The third-order valence-electron chi connectivity index (χ3n) is 5.74. The molecule has 148 valence electrons. The van der Waals surface area contributed by atoms with Crippen LogP contribution in [0.2, 0.25) is 0 Å². The summed E-state index contributed by atoms with van der Waals surface area (Å²) in [6.07, 6.45) is 1.10. The number of carbonyl (C=O) groups is 2. The summed E-state index contributed by atoms with van der Waals surface area (Å²) in [4.78, 5) is 31.1. The minimum atomic E-state index is -0.0398. The third kappa shape index (κ3) is 5.30. The van der Waals surface area contributed by atoms with Gasteiger partial charge in [0.05, 0.1) is 12.6 Å². The summed E-state index contributed by atoms with van der Waals surface area (Å²) in [5.74, 6) is 0.278. The number of likely N-dealkylation sites (tertiary alicyclic amines) is 1. The highest BCUT2D eigenvalue weighted by molar-refractivity contribution is 5.79. The standard InChI is InChI=1S/C21H32N4O2/c1-16-5-7-18(8-6-16)19-13-25(14-20(19)22-17(2)26)21(27)15-24-10-4-9-23(3)11-12-24/h5-8,19-20H,4,9-15H2,1-3H3,(H,22,26)/t19-,20+/m1/s1. The van der Waals surface area contributed by atoms with Crippen LogP contribution in [0.25, 0.3) is 0 Å². The van der Waals surface area contributed by atoms with Crippen LogP contribution in [-0.2, 0) is 9.59 Å². The Morgan fingerprint density at radius 1 is 1.07 bits per heavy atom. The van der Waals surface area contributed by atoms with Gasteiger partial charge in [0.1, 0.15) is 0 Å². The molecule has 1 aromatic carbocycles. The van der Waals surface area contributed by atoms with E-state index >= 15 is 0 Å². The minimum absolute atomic E-state index is 0.0237. The van der Waals surface area contributed by atoms with Crippen molar-refractivity contribution in [2.75, 3.05) is 52.9 Å². The highest BCUT2D eigenvalue weighted by Gasteiger charge is 2.37. The van der Waals surface area contributed by atoms with Gasteiger partial charge in [-0.1, -0.05) is 29.8 Å². The lowest BCUT2D eigenvalue weighted by atomic mass is 9.93. The molecule has 0 bridgehead atoms. The number of hydrogen-bond acceptors (Lipinski definition) is 4. The lowest BCUT2D eigenvalue weighted by Crippen LogP contribution is -2.42. The molecule has 2 atom stereocenters. The molecule has 0 aromatic heterocycles. The fraction of sp³-hybridized carbons (Fsp3) is 0.619. The summed E-state index contributed by atoms with van der Waals surface area (Å²) in [6.45, 7) is 9.35. The van der Waals surface area contributed by atoms with Gasteiger partial charge in [-0.2, -0.15) is 0 Å². The number of nitrogens with one attached hydrogen (secondary N) is 1.